The number of nitrogens with one attached hydrogen (secondary N) is 1. The average molecular weight is 345 g/mol. The maximum atomic E-state index is 12.6. The Morgan fingerprint density at radius 1 is 1.35 bits per heavy atom. The number of rotatable bonds is 3. The third kappa shape index (κ3) is 2.54. The summed E-state index contributed by atoms with van der Waals surface area (Å²) in [5.74, 6) is 0.705. The first kappa shape index (κ1) is 14.4. The van der Waals surface area contributed by atoms with Crippen LogP contribution in [0.3, 0.4) is 0 Å². The van der Waals surface area contributed by atoms with Crippen LogP contribution < -0.4 is 5.56 Å². The van der Waals surface area contributed by atoms with Crippen molar-refractivity contribution >= 4 is 44.2 Å². The molecule has 0 atom stereocenters. The standard InChI is InChI=1S/C16H13ClN4OS/c1-2-10-6-11-15(23-10)18-8-21(16(11)22)7-14-19-12-4-3-9(17)5-13(12)20-14/h3-6,8H,2,7H2,1H3,(H,19,20). The molecular formula is C16H13ClN4OS. The largest absolute Gasteiger partial charge is 0.340 e. The second-order valence-corrected chi connectivity index (χ2v) is 6.86. The second-order valence-electron chi connectivity index (χ2n) is 5.31. The molecule has 0 bridgehead atoms. The molecule has 0 aliphatic rings. The van der Waals surface area contributed by atoms with E-state index < -0.39 is 0 Å². The van der Waals surface area contributed by atoms with Gasteiger partial charge in [0.2, 0.25) is 0 Å². The minimum Gasteiger partial charge on any atom is -0.340 e. The lowest BCUT2D eigenvalue weighted by Crippen LogP contribution is -2.21. The van der Waals surface area contributed by atoms with E-state index in [-0.39, 0.29) is 5.56 Å². The fourth-order valence-corrected chi connectivity index (χ4v) is 3.67. The van der Waals surface area contributed by atoms with Crippen LogP contribution >= 0.6 is 22.9 Å². The monoisotopic (exact) mass is 344 g/mol. The van der Waals surface area contributed by atoms with Crippen molar-refractivity contribution in [3.8, 4) is 0 Å². The minimum atomic E-state index is -0.0376. The number of halogens is 1. The van der Waals surface area contributed by atoms with Crippen molar-refractivity contribution in [2.24, 2.45) is 0 Å². The Morgan fingerprint density at radius 2 is 2.22 bits per heavy atom. The van der Waals surface area contributed by atoms with Crippen molar-refractivity contribution in [3.63, 3.8) is 0 Å². The van der Waals surface area contributed by atoms with Gasteiger partial charge in [-0.05, 0) is 30.7 Å². The van der Waals surface area contributed by atoms with E-state index in [1.54, 1.807) is 28.3 Å². The molecule has 0 unspecified atom stereocenters. The van der Waals surface area contributed by atoms with Crippen LogP contribution in [0.5, 0.6) is 0 Å². The maximum Gasteiger partial charge on any atom is 0.262 e. The number of nitrogens with zero attached hydrogens (tertiary/aromatic N) is 3. The van der Waals surface area contributed by atoms with Crippen LogP contribution in [0.25, 0.3) is 21.3 Å². The highest BCUT2D eigenvalue weighted by Gasteiger charge is 2.10. The van der Waals surface area contributed by atoms with Gasteiger partial charge < -0.3 is 4.98 Å². The van der Waals surface area contributed by atoms with Crippen molar-refractivity contribution in [1.82, 2.24) is 19.5 Å². The summed E-state index contributed by atoms with van der Waals surface area (Å²) in [5.41, 5.74) is 1.65. The number of benzene rings is 1. The smallest absolute Gasteiger partial charge is 0.262 e. The van der Waals surface area contributed by atoms with Crippen LogP contribution in [-0.2, 0) is 13.0 Å². The van der Waals surface area contributed by atoms with Crippen LogP contribution in [0.15, 0.2) is 35.4 Å². The summed E-state index contributed by atoms with van der Waals surface area (Å²) in [4.78, 5) is 26.6. The van der Waals surface area contributed by atoms with Crippen LogP contribution in [-0.4, -0.2) is 19.5 Å². The van der Waals surface area contributed by atoms with E-state index in [2.05, 4.69) is 21.9 Å². The summed E-state index contributed by atoms with van der Waals surface area (Å²) in [6.45, 7) is 2.42. The van der Waals surface area contributed by atoms with Crippen molar-refractivity contribution in [2.75, 3.05) is 0 Å². The lowest BCUT2D eigenvalue weighted by atomic mass is 10.3. The fraction of sp³-hybridized carbons (Fsp3) is 0.188. The molecule has 0 fully saturated rings. The molecular weight excluding hydrogens is 332 g/mol. The van der Waals surface area contributed by atoms with Crippen LogP contribution in [0, 0.1) is 0 Å². The normalized spacial score (nSPS) is 11.6. The summed E-state index contributed by atoms with van der Waals surface area (Å²) in [7, 11) is 0. The summed E-state index contributed by atoms with van der Waals surface area (Å²) < 4.78 is 1.58. The zero-order valence-electron chi connectivity index (χ0n) is 12.3. The molecule has 4 aromatic rings. The Balaban J connectivity index is 1.76. The van der Waals surface area contributed by atoms with Gasteiger partial charge in [0.05, 0.1) is 29.3 Å². The number of hydrogen-bond donors (Lipinski definition) is 1. The highest BCUT2D eigenvalue weighted by Crippen LogP contribution is 2.21. The molecule has 1 aromatic carbocycles. The molecule has 116 valence electrons. The van der Waals surface area contributed by atoms with Gasteiger partial charge in [0, 0.05) is 9.90 Å². The number of aromatic amines is 1. The first-order chi connectivity index (χ1) is 11.1. The van der Waals surface area contributed by atoms with Crippen molar-refractivity contribution < 1.29 is 0 Å². The van der Waals surface area contributed by atoms with Gasteiger partial charge in [0.25, 0.3) is 5.56 Å². The molecule has 3 aromatic heterocycles. The Morgan fingerprint density at radius 3 is 3.04 bits per heavy atom. The number of aromatic nitrogens is 4. The van der Waals surface area contributed by atoms with Gasteiger partial charge in [0.15, 0.2) is 0 Å². The SMILES string of the molecule is CCc1cc2c(=O)n(Cc3nc4ccc(Cl)cc4[nH]3)cnc2s1. The summed E-state index contributed by atoms with van der Waals surface area (Å²) in [6, 6.07) is 7.41. The molecule has 0 spiro atoms. The zero-order chi connectivity index (χ0) is 16.0. The molecule has 0 saturated heterocycles. The molecule has 7 heteroatoms. The molecule has 0 radical (unpaired) electrons. The Kier molecular flexibility index (Phi) is 3.43. The van der Waals surface area contributed by atoms with Gasteiger partial charge in [-0.3, -0.25) is 9.36 Å². The fourth-order valence-electron chi connectivity index (χ4n) is 2.57. The lowest BCUT2D eigenvalue weighted by molar-refractivity contribution is 0.718. The molecule has 3 heterocycles. The number of H-pyrrole nitrogens is 1. The van der Waals surface area contributed by atoms with Crippen molar-refractivity contribution in [1.29, 1.82) is 0 Å². The molecule has 4 rings (SSSR count). The molecule has 0 amide bonds. The predicted octanol–water partition coefficient (Wildman–Crippen LogP) is 3.60. The Labute approximate surface area is 140 Å². The molecule has 23 heavy (non-hydrogen) atoms. The zero-order valence-corrected chi connectivity index (χ0v) is 13.9. The lowest BCUT2D eigenvalue weighted by Gasteiger charge is -2.02. The van der Waals surface area contributed by atoms with E-state index in [1.807, 2.05) is 18.2 Å². The number of aryl methyl sites for hydroxylation is 1. The highest BCUT2D eigenvalue weighted by atomic mass is 35.5. The van der Waals surface area contributed by atoms with E-state index in [9.17, 15) is 4.79 Å². The first-order valence-electron chi connectivity index (χ1n) is 7.26. The van der Waals surface area contributed by atoms with Crippen molar-refractivity contribution in [2.45, 2.75) is 19.9 Å². The predicted molar refractivity (Wildman–Crippen MR) is 93.5 cm³/mol. The van der Waals surface area contributed by atoms with Gasteiger partial charge in [-0.15, -0.1) is 11.3 Å². The number of imidazole rings is 1. The molecule has 1 N–H and O–H groups in total. The van der Waals surface area contributed by atoms with E-state index in [0.29, 0.717) is 22.8 Å². The molecule has 0 aliphatic heterocycles. The van der Waals surface area contributed by atoms with Gasteiger partial charge in [-0.25, -0.2) is 9.97 Å². The Hall–Kier alpha value is -2.18. The van der Waals surface area contributed by atoms with Crippen molar-refractivity contribution in [3.05, 3.63) is 56.7 Å². The third-order valence-corrected chi connectivity index (χ3v) is 5.15. The van der Waals surface area contributed by atoms with E-state index in [4.69, 9.17) is 11.6 Å². The van der Waals surface area contributed by atoms with Gasteiger partial charge >= 0.3 is 0 Å². The molecule has 0 saturated carbocycles. The van der Waals surface area contributed by atoms with Crippen LogP contribution in [0.2, 0.25) is 5.02 Å². The maximum absolute atomic E-state index is 12.6. The third-order valence-electron chi connectivity index (χ3n) is 3.73. The minimum absolute atomic E-state index is 0.0376. The second kappa shape index (κ2) is 5.47. The topological polar surface area (TPSA) is 63.6 Å². The quantitative estimate of drug-likeness (QED) is 0.617. The summed E-state index contributed by atoms with van der Waals surface area (Å²) in [6.07, 6.45) is 2.49. The number of thiophene rings is 1. The Bertz CT molecular complexity index is 1080. The number of fused-ring (bicyclic) bond motifs is 2. The summed E-state index contributed by atoms with van der Waals surface area (Å²) >= 11 is 7.55. The van der Waals surface area contributed by atoms with Crippen LogP contribution in [0.1, 0.15) is 17.6 Å². The van der Waals surface area contributed by atoms with E-state index >= 15 is 0 Å². The average Bonchev–Trinajstić information content (AvgIpc) is 3.13. The van der Waals surface area contributed by atoms with E-state index in [0.717, 1.165) is 22.3 Å². The summed E-state index contributed by atoms with van der Waals surface area (Å²) in [5, 5.41) is 1.33. The van der Waals surface area contributed by atoms with Gasteiger partial charge in [0.1, 0.15) is 10.7 Å². The number of hydrogen-bond acceptors (Lipinski definition) is 4. The molecule has 0 aliphatic carbocycles. The van der Waals surface area contributed by atoms with Crippen LogP contribution in [0.4, 0.5) is 0 Å². The van der Waals surface area contributed by atoms with Gasteiger partial charge in [-0.1, -0.05) is 18.5 Å². The van der Waals surface area contributed by atoms with Gasteiger partial charge in [-0.2, -0.15) is 0 Å². The highest BCUT2D eigenvalue weighted by molar-refractivity contribution is 7.18. The van der Waals surface area contributed by atoms with E-state index in [1.165, 1.54) is 4.88 Å². The molecule has 5 nitrogen and oxygen atoms in total. The first-order valence-corrected chi connectivity index (χ1v) is 8.45.